The topological polar surface area (TPSA) is 86.8 Å². The van der Waals surface area contributed by atoms with E-state index in [1.54, 1.807) is 49.4 Å². The first kappa shape index (κ1) is 31.7. The average molecular weight is 625 g/mol. The highest BCUT2D eigenvalue weighted by molar-refractivity contribution is 7.92. The number of hydrogen-bond donors (Lipinski definition) is 1. The number of rotatable bonds is 10. The maximum absolute atomic E-state index is 14.0. The molecule has 3 rings (SSSR count). The summed E-state index contributed by atoms with van der Waals surface area (Å²) < 4.78 is 28.7. The molecule has 214 valence electrons. The SMILES string of the molecule is CC[C@@H](C(=O)NC(C)(C)C)N(Cc1ccc(Cl)cc1)C(=O)CN(c1cccc(Cl)c1)S(=O)(=O)c1ccc(Cl)cc1. The van der Waals surface area contributed by atoms with Gasteiger partial charge >= 0.3 is 0 Å². The molecule has 1 atom stereocenters. The molecular formula is C29H32Cl3N3O4S. The third-order valence-corrected chi connectivity index (χ3v) is 8.45. The molecule has 0 fully saturated rings. The van der Waals surface area contributed by atoms with Gasteiger partial charge in [0, 0.05) is 27.2 Å². The molecule has 7 nitrogen and oxygen atoms in total. The third kappa shape index (κ3) is 8.36. The van der Waals surface area contributed by atoms with E-state index in [1.165, 1.54) is 35.2 Å². The summed E-state index contributed by atoms with van der Waals surface area (Å²) in [5.41, 5.74) is 0.397. The van der Waals surface area contributed by atoms with Gasteiger partial charge in [0.15, 0.2) is 0 Å². The predicted molar refractivity (Wildman–Crippen MR) is 161 cm³/mol. The fourth-order valence-electron chi connectivity index (χ4n) is 4.05. The zero-order valence-corrected chi connectivity index (χ0v) is 25.8. The zero-order chi connectivity index (χ0) is 29.7. The molecule has 0 saturated heterocycles. The molecular weight excluding hydrogens is 593 g/mol. The van der Waals surface area contributed by atoms with Crippen molar-refractivity contribution in [3.63, 3.8) is 0 Å². The van der Waals surface area contributed by atoms with Crippen molar-refractivity contribution in [1.29, 1.82) is 0 Å². The van der Waals surface area contributed by atoms with Gasteiger partial charge < -0.3 is 10.2 Å². The molecule has 3 aromatic carbocycles. The van der Waals surface area contributed by atoms with E-state index >= 15 is 0 Å². The van der Waals surface area contributed by atoms with Gasteiger partial charge in [0.1, 0.15) is 12.6 Å². The second-order valence-electron chi connectivity index (χ2n) is 10.3. The van der Waals surface area contributed by atoms with Crippen LogP contribution < -0.4 is 9.62 Å². The smallest absolute Gasteiger partial charge is 0.264 e. The van der Waals surface area contributed by atoms with E-state index in [1.807, 2.05) is 20.8 Å². The molecule has 0 spiro atoms. The highest BCUT2D eigenvalue weighted by Crippen LogP contribution is 2.28. The summed E-state index contributed by atoms with van der Waals surface area (Å²) >= 11 is 18.2. The first-order valence-electron chi connectivity index (χ1n) is 12.6. The maximum Gasteiger partial charge on any atom is 0.264 e. The average Bonchev–Trinajstić information content (AvgIpc) is 2.87. The van der Waals surface area contributed by atoms with Crippen molar-refractivity contribution < 1.29 is 18.0 Å². The quantitative estimate of drug-likeness (QED) is 0.277. The van der Waals surface area contributed by atoms with E-state index in [9.17, 15) is 18.0 Å². The molecule has 11 heteroatoms. The van der Waals surface area contributed by atoms with E-state index < -0.39 is 34.1 Å². The van der Waals surface area contributed by atoms with Crippen LogP contribution in [0.5, 0.6) is 0 Å². The van der Waals surface area contributed by atoms with Crippen molar-refractivity contribution in [1.82, 2.24) is 10.2 Å². The lowest BCUT2D eigenvalue weighted by Crippen LogP contribution is -2.55. The number of carbonyl (C=O) groups excluding carboxylic acids is 2. The summed E-state index contributed by atoms with van der Waals surface area (Å²) in [4.78, 5) is 28.7. The number of halogens is 3. The molecule has 0 heterocycles. The Morgan fingerprint density at radius 3 is 1.98 bits per heavy atom. The van der Waals surface area contributed by atoms with Crippen LogP contribution >= 0.6 is 34.8 Å². The molecule has 1 N–H and O–H groups in total. The Kier molecular flexibility index (Phi) is 10.5. The minimum absolute atomic E-state index is 0.0496. The number of nitrogens with zero attached hydrogens (tertiary/aromatic N) is 2. The van der Waals surface area contributed by atoms with Gasteiger partial charge in [-0.15, -0.1) is 0 Å². The maximum atomic E-state index is 14.0. The van der Waals surface area contributed by atoms with Gasteiger partial charge in [-0.3, -0.25) is 13.9 Å². The molecule has 0 bridgehead atoms. The van der Waals surface area contributed by atoms with Crippen molar-refractivity contribution in [2.45, 2.75) is 57.1 Å². The van der Waals surface area contributed by atoms with Gasteiger partial charge in [-0.2, -0.15) is 0 Å². The Hall–Kier alpha value is -2.78. The Balaban J connectivity index is 2.07. The van der Waals surface area contributed by atoms with Crippen LogP contribution in [0.2, 0.25) is 15.1 Å². The van der Waals surface area contributed by atoms with Crippen molar-refractivity contribution >= 4 is 62.3 Å². The monoisotopic (exact) mass is 623 g/mol. The van der Waals surface area contributed by atoms with Gasteiger partial charge in [0.2, 0.25) is 11.8 Å². The van der Waals surface area contributed by atoms with Crippen LogP contribution in [-0.2, 0) is 26.2 Å². The van der Waals surface area contributed by atoms with Crippen LogP contribution in [0.15, 0.2) is 77.7 Å². The summed E-state index contributed by atoms with van der Waals surface area (Å²) in [6, 6.07) is 17.9. The van der Waals surface area contributed by atoms with Crippen molar-refractivity contribution in [2.24, 2.45) is 0 Å². The van der Waals surface area contributed by atoms with E-state index in [0.29, 0.717) is 21.5 Å². The van der Waals surface area contributed by atoms with E-state index in [2.05, 4.69) is 5.32 Å². The van der Waals surface area contributed by atoms with E-state index in [4.69, 9.17) is 34.8 Å². The van der Waals surface area contributed by atoms with E-state index in [-0.39, 0.29) is 23.0 Å². The fourth-order valence-corrected chi connectivity index (χ4v) is 5.90. The van der Waals surface area contributed by atoms with Crippen LogP contribution in [0.1, 0.15) is 39.7 Å². The zero-order valence-electron chi connectivity index (χ0n) is 22.7. The van der Waals surface area contributed by atoms with Crippen molar-refractivity contribution in [2.75, 3.05) is 10.8 Å². The molecule has 0 aromatic heterocycles. The summed E-state index contributed by atoms with van der Waals surface area (Å²) in [6.45, 7) is 6.84. The number of anilines is 1. The minimum Gasteiger partial charge on any atom is -0.350 e. The largest absolute Gasteiger partial charge is 0.350 e. The van der Waals surface area contributed by atoms with Gasteiger partial charge in [-0.05, 0) is 87.4 Å². The Morgan fingerprint density at radius 2 is 1.45 bits per heavy atom. The van der Waals surface area contributed by atoms with Gasteiger partial charge in [-0.25, -0.2) is 8.42 Å². The molecule has 2 amide bonds. The first-order valence-corrected chi connectivity index (χ1v) is 15.2. The second kappa shape index (κ2) is 13.3. The fraction of sp³-hybridized carbons (Fsp3) is 0.310. The van der Waals surface area contributed by atoms with Gasteiger partial charge in [-0.1, -0.05) is 59.9 Å². The van der Waals surface area contributed by atoms with Crippen molar-refractivity contribution in [3.8, 4) is 0 Å². The summed E-state index contributed by atoms with van der Waals surface area (Å²) in [5.74, 6) is -0.907. The Labute approximate surface area is 251 Å². The molecule has 0 aliphatic carbocycles. The summed E-state index contributed by atoms with van der Waals surface area (Å²) in [7, 11) is -4.23. The number of sulfonamides is 1. The third-order valence-electron chi connectivity index (χ3n) is 5.93. The molecule has 0 saturated carbocycles. The number of amides is 2. The normalized spacial score (nSPS) is 12.5. The van der Waals surface area contributed by atoms with Gasteiger partial charge in [0.25, 0.3) is 10.0 Å². The lowest BCUT2D eigenvalue weighted by Gasteiger charge is -2.34. The minimum atomic E-state index is -4.23. The number of nitrogens with one attached hydrogen (secondary N) is 1. The molecule has 0 aliphatic heterocycles. The number of hydrogen-bond acceptors (Lipinski definition) is 4. The van der Waals surface area contributed by atoms with Crippen LogP contribution in [0, 0.1) is 0 Å². The highest BCUT2D eigenvalue weighted by Gasteiger charge is 2.34. The van der Waals surface area contributed by atoms with Crippen LogP contribution in [0.4, 0.5) is 5.69 Å². The lowest BCUT2D eigenvalue weighted by molar-refractivity contribution is -0.141. The molecule has 0 aliphatic rings. The van der Waals surface area contributed by atoms with Crippen LogP contribution in [0.25, 0.3) is 0 Å². The highest BCUT2D eigenvalue weighted by atomic mass is 35.5. The summed E-state index contributed by atoms with van der Waals surface area (Å²) in [6.07, 6.45) is 0.308. The van der Waals surface area contributed by atoms with Crippen LogP contribution in [-0.4, -0.2) is 43.3 Å². The van der Waals surface area contributed by atoms with Crippen molar-refractivity contribution in [3.05, 3.63) is 93.4 Å². The molecule has 40 heavy (non-hydrogen) atoms. The van der Waals surface area contributed by atoms with Crippen LogP contribution in [0.3, 0.4) is 0 Å². The lowest BCUT2D eigenvalue weighted by atomic mass is 10.1. The Morgan fingerprint density at radius 1 is 0.875 bits per heavy atom. The molecule has 0 unspecified atom stereocenters. The molecule has 3 aromatic rings. The van der Waals surface area contributed by atoms with Gasteiger partial charge in [0.05, 0.1) is 10.6 Å². The number of carbonyl (C=O) groups is 2. The number of benzene rings is 3. The second-order valence-corrected chi connectivity index (χ2v) is 13.4. The summed E-state index contributed by atoms with van der Waals surface area (Å²) in [5, 5.41) is 4.14. The predicted octanol–water partition coefficient (Wildman–Crippen LogP) is 6.56. The first-order chi connectivity index (χ1) is 18.7. The molecule has 0 radical (unpaired) electrons. The standard InChI is InChI=1S/C29H32Cl3N3O4S/c1-5-26(28(37)33-29(2,3)4)34(18-20-9-11-21(30)12-10-20)27(36)19-35(24-8-6-7-23(32)17-24)40(38,39)25-15-13-22(31)14-16-25/h6-17,26H,5,18-19H2,1-4H3,(H,33,37)/t26-/m0/s1. The Bertz CT molecular complexity index is 1440. The van der Waals surface area contributed by atoms with E-state index in [0.717, 1.165) is 9.87 Å².